The first-order valence-corrected chi connectivity index (χ1v) is 9.97. The Morgan fingerprint density at radius 2 is 1.79 bits per heavy atom. The van der Waals surface area contributed by atoms with Crippen LogP contribution < -0.4 is 9.47 Å². The van der Waals surface area contributed by atoms with Gasteiger partial charge in [-0.1, -0.05) is 11.6 Å². The van der Waals surface area contributed by atoms with Crippen LogP contribution in [0.3, 0.4) is 0 Å². The molecule has 0 bridgehead atoms. The second kappa shape index (κ2) is 11.2. The lowest BCUT2D eigenvalue weighted by molar-refractivity contribution is -0.140. The summed E-state index contributed by atoms with van der Waals surface area (Å²) in [5.41, 5.74) is 2.52. The first kappa shape index (κ1) is 25.4. The van der Waals surface area contributed by atoms with E-state index in [1.165, 1.54) is 7.11 Å². The zero-order valence-electron chi connectivity index (χ0n) is 19.1. The summed E-state index contributed by atoms with van der Waals surface area (Å²) in [5.74, 6) is -3.50. The Labute approximate surface area is 190 Å². The van der Waals surface area contributed by atoms with E-state index in [0.717, 1.165) is 25.9 Å². The molecule has 33 heavy (non-hydrogen) atoms. The second-order valence-corrected chi connectivity index (χ2v) is 7.17. The van der Waals surface area contributed by atoms with Crippen molar-refractivity contribution in [1.29, 1.82) is 0 Å². The summed E-state index contributed by atoms with van der Waals surface area (Å²) in [5, 5.41) is 8.91. The summed E-state index contributed by atoms with van der Waals surface area (Å²) in [7, 11) is 3.70. The fraction of sp³-hybridized carbons (Fsp3) is 0.391. The Balaban J connectivity index is 2.67. The van der Waals surface area contributed by atoms with Gasteiger partial charge in [0.05, 0.1) is 27.4 Å². The van der Waals surface area contributed by atoms with Crippen LogP contribution in [0.4, 0.5) is 0 Å². The number of esters is 3. The molecule has 1 heterocycles. The molecule has 0 unspecified atom stereocenters. The number of hydrogen-bond acceptors (Lipinski definition) is 9. The lowest BCUT2D eigenvalue weighted by Crippen LogP contribution is -2.16. The van der Waals surface area contributed by atoms with Crippen molar-refractivity contribution in [3.8, 4) is 11.5 Å². The summed E-state index contributed by atoms with van der Waals surface area (Å²) in [6.07, 6.45) is 3.07. The van der Waals surface area contributed by atoms with Gasteiger partial charge in [0.15, 0.2) is 0 Å². The normalized spacial score (nSPS) is 13.2. The van der Waals surface area contributed by atoms with Gasteiger partial charge in [-0.15, -0.1) is 0 Å². The monoisotopic (exact) mass is 462 g/mol. The number of fused-ring (bicyclic) bond motifs is 1. The van der Waals surface area contributed by atoms with E-state index >= 15 is 0 Å². The molecule has 0 aromatic heterocycles. The van der Waals surface area contributed by atoms with Gasteiger partial charge < -0.3 is 28.8 Å². The summed E-state index contributed by atoms with van der Waals surface area (Å²) in [4.78, 5) is 47.4. The molecule has 0 radical (unpaired) electrons. The number of benzene rings is 1. The number of hydrogen-bond donors (Lipinski definition) is 1. The van der Waals surface area contributed by atoms with Crippen LogP contribution in [0.25, 0.3) is 0 Å². The van der Waals surface area contributed by atoms with Gasteiger partial charge in [0, 0.05) is 17.5 Å². The van der Waals surface area contributed by atoms with Crippen molar-refractivity contribution in [3.05, 3.63) is 45.7 Å². The molecule has 1 aliphatic rings. The lowest BCUT2D eigenvalue weighted by atomic mass is 9.94. The van der Waals surface area contributed by atoms with Gasteiger partial charge in [-0.25, -0.2) is 14.4 Å². The van der Waals surface area contributed by atoms with Gasteiger partial charge in [-0.2, -0.15) is 0 Å². The number of methoxy groups -OCH3 is 3. The molecular weight excluding hydrogens is 436 g/mol. The SMILES string of the molecule is COC(=O)C=C(Oc1c(CC=C(C)CCC(=O)O)c(OC)c(C)c2c1C(=O)OC2)C(=O)OC. The number of carboxylic acids is 1. The minimum Gasteiger partial charge on any atom is -0.496 e. The molecule has 2 rings (SSSR count). The third-order valence-electron chi connectivity index (χ3n) is 5.06. The topological polar surface area (TPSA) is 135 Å². The van der Waals surface area contributed by atoms with Gasteiger partial charge in [-0.3, -0.25) is 4.79 Å². The van der Waals surface area contributed by atoms with E-state index in [-0.39, 0.29) is 30.8 Å². The third-order valence-corrected chi connectivity index (χ3v) is 5.06. The first-order valence-electron chi connectivity index (χ1n) is 9.97. The van der Waals surface area contributed by atoms with E-state index in [0.29, 0.717) is 28.9 Å². The van der Waals surface area contributed by atoms with Crippen molar-refractivity contribution < 1.29 is 48.0 Å². The minimum atomic E-state index is -0.959. The predicted octanol–water partition coefficient (Wildman–Crippen LogP) is 2.64. The Bertz CT molecular complexity index is 1030. The van der Waals surface area contributed by atoms with Crippen LogP contribution in [0.2, 0.25) is 0 Å². The smallest absolute Gasteiger partial charge is 0.374 e. The highest BCUT2D eigenvalue weighted by atomic mass is 16.6. The number of carbonyl (C=O) groups is 4. The Kier molecular flexibility index (Phi) is 8.61. The average molecular weight is 462 g/mol. The van der Waals surface area contributed by atoms with Crippen LogP contribution in [-0.2, 0) is 41.6 Å². The second-order valence-electron chi connectivity index (χ2n) is 7.17. The average Bonchev–Trinajstić information content (AvgIpc) is 3.18. The van der Waals surface area contributed by atoms with Crippen LogP contribution >= 0.6 is 0 Å². The Morgan fingerprint density at radius 3 is 2.36 bits per heavy atom. The molecule has 10 nitrogen and oxygen atoms in total. The molecule has 10 heteroatoms. The molecule has 0 saturated carbocycles. The number of allylic oxidation sites excluding steroid dienone is 2. The van der Waals surface area contributed by atoms with Gasteiger partial charge >= 0.3 is 23.9 Å². The summed E-state index contributed by atoms with van der Waals surface area (Å²) in [6.45, 7) is 3.54. The maximum Gasteiger partial charge on any atom is 0.374 e. The summed E-state index contributed by atoms with van der Waals surface area (Å²) < 4.78 is 25.8. The molecular formula is C23H26O10. The lowest BCUT2D eigenvalue weighted by Gasteiger charge is -2.20. The number of carbonyl (C=O) groups excluding carboxylic acids is 3. The largest absolute Gasteiger partial charge is 0.496 e. The van der Waals surface area contributed by atoms with Gasteiger partial charge in [-0.05, 0) is 32.3 Å². The molecule has 0 atom stereocenters. The molecule has 0 saturated heterocycles. The number of aliphatic carboxylic acids is 1. The van der Waals surface area contributed by atoms with Gasteiger partial charge in [0.2, 0.25) is 5.76 Å². The first-order chi connectivity index (χ1) is 15.6. The fourth-order valence-corrected chi connectivity index (χ4v) is 3.31. The number of rotatable bonds is 10. The maximum absolute atomic E-state index is 12.6. The molecule has 1 aromatic carbocycles. The van der Waals surface area contributed by atoms with Crippen LogP contribution in [0.15, 0.2) is 23.5 Å². The third kappa shape index (κ3) is 5.91. The van der Waals surface area contributed by atoms with E-state index in [2.05, 4.69) is 4.74 Å². The van der Waals surface area contributed by atoms with Crippen molar-refractivity contribution >= 4 is 23.9 Å². The van der Waals surface area contributed by atoms with E-state index in [1.54, 1.807) is 19.9 Å². The molecule has 178 valence electrons. The minimum absolute atomic E-state index is 0.00521. The molecule has 1 N–H and O–H groups in total. The van der Waals surface area contributed by atoms with E-state index < -0.39 is 29.6 Å². The van der Waals surface area contributed by atoms with Crippen LogP contribution in [0.1, 0.15) is 46.8 Å². The molecule has 1 aromatic rings. The van der Waals surface area contributed by atoms with Crippen LogP contribution in [0.5, 0.6) is 11.5 Å². The van der Waals surface area contributed by atoms with Crippen LogP contribution in [-0.4, -0.2) is 50.3 Å². The molecule has 0 aliphatic carbocycles. The summed E-state index contributed by atoms with van der Waals surface area (Å²) in [6, 6.07) is 0. The summed E-state index contributed by atoms with van der Waals surface area (Å²) >= 11 is 0. The fourth-order valence-electron chi connectivity index (χ4n) is 3.31. The number of ether oxygens (including phenoxy) is 5. The van der Waals surface area contributed by atoms with Crippen molar-refractivity contribution in [3.63, 3.8) is 0 Å². The van der Waals surface area contributed by atoms with Gasteiger partial charge in [0.25, 0.3) is 0 Å². The predicted molar refractivity (Wildman–Crippen MR) is 114 cm³/mol. The van der Waals surface area contributed by atoms with Crippen molar-refractivity contribution in [2.45, 2.75) is 39.7 Å². The highest BCUT2D eigenvalue weighted by molar-refractivity contribution is 5.99. The zero-order valence-corrected chi connectivity index (χ0v) is 19.1. The zero-order chi connectivity index (χ0) is 24.7. The molecule has 0 spiro atoms. The maximum atomic E-state index is 12.6. The molecule has 1 aliphatic heterocycles. The molecule has 0 fully saturated rings. The van der Waals surface area contributed by atoms with E-state index in [4.69, 9.17) is 24.1 Å². The highest BCUT2D eigenvalue weighted by Gasteiger charge is 2.34. The molecule has 0 amide bonds. The van der Waals surface area contributed by atoms with Crippen molar-refractivity contribution in [1.82, 2.24) is 0 Å². The Hall–Kier alpha value is -3.82. The number of cyclic esters (lactones) is 1. The highest BCUT2D eigenvalue weighted by Crippen LogP contribution is 2.43. The van der Waals surface area contributed by atoms with Gasteiger partial charge in [0.1, 0.15) is 23.7 Å². The van der Waals surface area contributed by atoms with E-state index in [1.807, 2.05) is 0 Å². The van der Waals surface area contributed by atoms with Crippen molar-refractivity contribution in [2.24, 2.45) is 0 Å². The quantitative estimate of drug-likeness (QED) is 0.182. The number of carboxylic acid groups (broad SMARTS) is 1. The standard InChI is InChI=1S/C23H26O10/c1-12(7-9-17(24)25)6-8-14-20(30-4)13(2)15-11-32-23(28)19(15)21(14)33-16(22(27)31-5)10-18(26)29-3/h6,10H,7-9,11H2,1-5H3,(H,24,25). The van der Waals surface area contributed by atoms with Crippen LogP contribution in [0, 0.1) is 6.92 Å². The van der Waals surface area contributed by atoms with Crippen molar-refractivity contribution in [2.75, 3.05) is 21.3 Å². The van der Waals surface area contributed by atoms with E-state index in [9.17, 15) is 19.2 Å². The Morgan fingerprint density at radius 1 is 1.09 bits per heavy atom.